The van der Waals surface area contributed by atoms with Crippen LogP contribution in [0.25, 0.3) is 0 Å². The van der Waals surface area contributed by atoms with E-state index >= 15 is 0 Å². The second-order valence-corrected chi connectivity index (χ2v) is 12.9. The molecule has 1 aromatic carbocycles. The average molecular weight is 542 g/mol. The number of methoxy groups -OCH3 is 1. The number of carbonyl (C=O) groups excluding carboxylic acids is 2. The van der Waals surface area contributed by atoms with Gasteiger partial charge in [0.25, 0.3) is 5.91 Å². The Hall–Kier alpha value is -2.49. The lowest BCUT2D eigenvalue weighted by atomic mass is 9.47. The molecule has 0 unspecified atom stereocenters. The Labute approximate surface area is 228 Å². The minimum atomic E-state index is -0.679. The molecule has 3 aliphatic carbocycles. The zero-order chi connectivity index (χ0) is 27.1. The van der Waals surface area contributed by atoms with Gasteiger partial charge >= 0.3 is 0 Å². The van der Waals surface area contributed by atoms with E-state index in [-0.39, 0.29) is 41.7 Å². The molecule has 4 N–H and O–H groups in total. The van der Waals surface area contributed by atoms with E-state index in [9.17, 15) is 19.8 Å². The number of thiazole rings is 1. The fraction of sp³-hybridized carbons (Fsp3) is 0.621. The molecule has 206 valence electrons. The van der Waals surface area contributed by atoms with Crippen LogP contribution in [0, 0.1) is 16.7 Å². The van der Waals surface area contributed by atoms with Crippen molar-refractivity contribution in [2.45, 2.75) is 83.3 Å². The number of aliphatic hydroxyl groups excluding tert-OH is 2. The van der Waals surface area contributed by atoms with Gasteiger partial charge in [0.1, 0.15) is 5.75 Å². The van der Waals surface area contributed by atoms with Gasteiger partial charge in [-0.3, -0.25) is 14.9 Å². The Morgan fingerprint density at radius 1 is 1.16 bits per heavy atom. The van der Waals surface area contributed by atoms with Gasteiger partial charge in [-0.25, -0.2) is 4.98 Å². The first-order valence-corrected chi connectivity index (χ1v) is 14.5. The molecule has 2 saturated carbocycles. The zero-order valence-corrected chi connectivity index (χ0v) is 23.3. The zero-order valence-electron chi connectivity index (χ0n) is 22.5. The van der Waals surface area contributed by atoms with Gasteiger partial charge in [0, 0.05) is 34.2 Å². The highest BCUT2D eigenvalue weighted by Gasteiger charge is 2.59. The van der Waals surface area contributed by atoms with E-state index in [4.69, 9.17) is 9.72 Å². The third-order valence-corrected chi connectivity index (χ3v) is 10.6. The van der Waals surface area contributed by atoms with Crippen molar-refractivity contribution in [1.29, 1.82) is 0 Å². The van der Waals surface area contributed by atoms with Crippen molar-refractivity contribution in [3.8, 4) is 5.75 Å². The third-order valence-electron chi connectivity index (χ3n) is 9.58. The number of anilines is 1. The number of aliphatic hydroxyl groups is 2. The summed E-state index contributed by atoms with van der Waals surface area (Å²) in [5.74, 6) is 0.261. The van der Waals surface area contributed by atoms with E-state index in [0.29, 0.717) is 35.7 Å². The molecular formula is C29H39N3O5S. The smallest absolute Gasteiger partial charge is 0.257 e. The van der Waals surface area contributed by atoms with Crippen molar-refractivity contribution in [2.24, 2.45) is 16.7 Å². The van der Waals surface area contributed by atoms with Crippen molar-refractivity contribution < 1.29 is 24.5 Å². The van der Waals surface area contributed by atoms with Crippen molar-refractivity contribution >= 4 is 28.3 Å². The molecule has 0 aliphatic heterocycles. The third kappa shape index (κ3) is 4.84. The van der Waals surface area contributed by atoms with Gasteiger partial charge in [0.15, 0.2) is 5.13 Å². The summed E-state index contributed by atoms with van der Waals surface area (Å²) in [7, 11) is 1.58. The molecule has 0 radical (unpaired) electrons. The van der Waals surface area contributed by atoms with E-state index < -0.39 is 11.5 Å². The predicted octanol–water partition coefficient (Wildman–Crippen LogP) is 4.27. The lowest BCUT2D eigenvalue weighted by molar-refractivity contribution is -0.144. The molecule has 1 heterocycles. The maximum atomic E-state index is 13.3. The van der Waals surface area contributed by atoms with Crippen LogP contribution in [-0.4, -0.2) is 52.9 Å². The first-order chi connectivity index (χ1) is 18.2. The molecule has 1 aromatic heterocycles. The summed E-state index contributed by atoms with van der Waals surface area (Å²) >= 11 is 1.43. The Kier molecular flexibility index (Phi) is 7.55. The monoisotopic (exact) mass is 541 g/mol. The number of carbonyl (C=O) groups is 2. The largest absolute Gasteiger partial charge is 0.497 e. The van der Waals surface area contributed by atoms with Crippen LogP contribution in [0.3, 0.4) is 0 Å². The Balaban J connectivity index is 1.45. The maximum absolute atomic E-state index is 13.3. The Morgan fingerprint density at radius 3 is 2.53 bits per heavy atom. The molecular weight excluding hydrogens is 502 g/mol. The quantitative estimate of drug-likeness (QED) is 0.416. The summed E-state index contributed by atoms with van der Waals surface area (Å²) in [6.45, 7) is 4.04. The van der Waals surface area contributed by atoms with E-state index in [1.54, 1.807) is 31.4 Å². The number of rotatable bonds is 7. The van der Waals surface area contributed by atoms with Gasteiger partial charge in [0.05, 0.1) is 25.5 Å². The van der Waals surface area contributed by atoms with Crippen LogP contribution in [0.4, 0.5) is 5.13 Å². The number of nitrogens with one attached hydrogen (secondary N) is 2. The molecule has 5 rings (SSSR count). The van der Waals surface area contributed by atoms with Crippen molar-refractivity contribution in [3.63, 3.8) is 0 Å². The van der Waals surface area contributed by atoms with Gasteiger partial charge in [-0.15, -0.1) is 11.3 Å². The van der Waals surface area contributed by atoms with Crippen molar-refractivity contribution in [3.05, 3.63) is 40.4 Å². The number of nitrogens with zero attached hydrogens (tertiary/aromatic N) is 1. The second kappa shape index (κ2) is 10.6. The fourth-order valence-electron chi connectivity index (χ4n) is 7.15. The van der Waals surface area contributed by atoms with Gasteiger partial charge in [-0.2, -0.15) is 0 Å². The van der Waals surface area contributed by atoms with Crippen LogP contribution in [-0.2, 0) is 11.2 Å². The molecule has 0 bridgehead atoms. The number of hydrogen-bond donors (Lipinski definition) is 4. The highest BCUT2D eigenvalue weighted by Crippen LogP contribution is 2.62. The SMILES string of the molecule is COc1ccc(C(=O)Nc2nc3c(s2)C[C@@H]2[C@](C)(CO)[C@H](O)CC[C@@]2(C)[C@@H]3CC(=O)NC2CCCC2)cc1. The molecule has 2 aromatic rings. The van der Waals surface area contributed by atoms with E-state index in [0.717, 1.165) is 42.7 Å². The molecule has 0 spiro atoms. The van der Waals surface area contributed by atoms with Crippen molar-refractivity contribution in [1.82, 2.24) is 10.3 Å². The minimum Gasteiger partial charge on any atom is -0.497 e. The summed E-state index contributed by atoms with van der Waals surface area (Å²) in [4.78, 5) is 32.2. The first kappa shape index (κ1) is 27.1. The lowest BCUT2D eigenvalue weighted by Crippen LogP contribution is -2.57. The Bertz CT molecular complexity index is 1180. The molecule has 5 atom stereocenters. The van der Waals surface area contributed by atoms with Gasteiger partial charge in [-0.05, 0) is 67.7 Å². The number of aromatic nitrogens is 1. The second-order valence-electron chi connectivity index (χ2n) is 11.8. The van der Waals surface area contributed by atoms with Crippen LogP contribution >= 0.6 is 11.3 Å². The van der Waals surface area contributed by atoms with Crippen LogP contribution in [0.1, 0.15) is 85.6 Å². The summed E-state index contributed by atoms with van der Waals surface area (Å²) < 4.78 is 5.19. The van der Waals surface area contributed by atoms with Crippen molar-refractivity contribution in [2.75, 3.05) is 19.0 Å². The van der Waals surface area contributed by atoms with E-state index in [1.807, 2.05) is 6.92 Å². The molecule has 38 heavy (non-hydrogen) atoms. The number of benzene rings is 1. The first-order valence-electron chi connectivity index (χ1n) is 13.7. The highest BCUT2D eigenvalue weighted by molar-refractivity contribution is 7.15. The number of fused-ring (bicyclic) bond motifs is 2. The van der Waals surface area contributed by atoms with Gasteiger partial charge in [-0.1, -0.05) is 26.7 Å². The Morgan fingerprint density at radius 2 is 1.87 bits per heavy atom. The van der Waals surface area contributed by atoms with E-state index in [2.05, 4.69) is 17.6 Å². The summed E-state index contributed by atoms with van der Waals surface area (Å²) in [6.07, 6.45) is 6.01. The fourth-order valence-corrected chi connectivity index (χ4v) is 8.22. The number of hydrogen-bond acceptors (Lipinski definition) is 7. The van der Waals surface area contributed by atoms with Crippen LogP contribution < -0.4 is 15.4 Å². The minimum absolute atomic E-state index is 0.0221. The number of ether oxygens (including phenoxy) is 1. The highest BCUT2D eigenvalue weighted by atomic mass is 32.1. The summed E-state index contributed by atoms with van der Waals surface area (Å²) in [5, 5.41) is 28.1. The van der Waals surface area contributed by atoms with Crippen LogP contribution in [0.15, 0.2) is 24.3 Å². The topological polar surface area (TPSA) is 121 Å². The predicted molar refractivity (Wildman–Crippen MR) is 147 cm³/mol. The number of amides is 2. The maximum Gasteiger partial charge on any atom is 0.257 e. The van der Waals surface area contributed by atoms with Crippen LogP contribution in [0.2, 0.25) is 0 Å². The van der Waals surface area contributed by atoms with Crippen LogP contribution in [0.5, 0.6) is 5.75 Å². The summed E-state index contributed by atoms with van der Waals surface area (Å²) in [5.41, 5.74) is 0.378. The molecule has 3 aliphatic rings. The standard InChI is InChI=1S/C29H39N3O5S/c1-28-13-12-23(34)29(2,16-33)22(28)15-21-25(20(28)14-24(35)30-18-6-4-5-7-18)31-27(38-21)32-26(36)17-8-10-19(37-3)11-9-17/h8-11,18,20,22-23,33-34H,4-7,12-16H2,1-3H3,(H,30,35)(H,31,32,36)/t20-,22+,23-,28+,29+/m1/s1. The summed E-state index contributed by atoms with van der Waals surface area (Å²) in [6, 6.07) is 7.14. The lowest BCUT2D eigenvalue weighted by Gasteiger charge is -2.58. The molecule has 2 amide bonds. The van der Waals surface area contributed by atoms with E-state index in [1.165, 1.54) is 11.3 Å². The van der Waals surface area contributed by atoms with Gasteiger partial charge in [0.2, 0.25) is 5.91 Å². The molecule has 8 nitrogen and oxygen atoms in total. The normalized spacial score (nSPS) is 30.8. The molecule has 2 fully saturated rings. The molecule has 0 saturated heterocycles. The van der Waals surface area contributed by atoms with Gasteiger partial charge < -0.3 is 20.3 Å². The average Bonchev–Trinajstić information content (AvgIpc) is 3.57. The molecule has 9 heteroatoms.